The molecule has 0 spiro atoms. The molecule has 0 radical (unpaired) electrons. The highest BCUT2D eigenvalue weighted by atomic mass is 32.2. The van der Waals surface area contributed by atoms with Crippen molar-refractivity contribution in [2.75, 3.05) is 49.2 Å². The maximum absolute atomic E-state index is 12.3. The fourth-order valence-corrected chi connectivity index (χ4v) is 3.97. The number of pyridine rings is 1. The number of nitrogens with zero attached hydrogens (tertiary/aromatic N) is 4. The predicted molar refractivity (Wildman–Crippen MR) is 92.0 cm³/mol. The Morgan fingerprint density at radius 3 is 2.83 bits per heavy atom. The maximum Gasteiger partial charge on any atom is 0.274 e. The zero-order valence-electron chi connectivity index (χ0n) is 12.9. The Morgan fingerprint density at radius 1 is 1.35 bits per heavy atom. The number of anilines is 2. The molecule has 0 atom stereocenters. The minimum absolute atomic E-state index is 0.160. The van der Waals surface area contributed by atoms with Gasteiger partial charge in [0.15, 0.2) is 4.34 Å². The lowest BCUT2D eigenvalue weighted by molar-refractivity contribution is -0.364. The van der Waals surface area contributed by atoms with Crippen LogP contribution < -0.4 is 15.2 Å². The van der Waals surface area contributed by atoms with E-state index in [-0.39, 0.29) is 5.91 Å². The molecule has 0 unspecified atom stereocenters. The summed E-state index contributed by atoms with van der Waals surface area (Å²) in [4.78, 5) is 19.7. The minimum Gasteiger partial charge on any atom is -0.363 e. The molecular formula is C14H19N6OS2+. The summed E-state index contributed by atoms with van der Waals surface area (Å²) < 4.78 is 0.820. The van der Waals surface area contributed by atoms with Gasteiger partial charge in [0.2, 0.25) is 11.0 Å². The molecule has 1 amide bonds. The maximum atomic E-state index is 12.3. The van der Waals surface area contributed by atoms with Gasteiger partial charge in [0.05, 0.1) is 25.0 Å². The van der Waals surface area contributed by atoms with Crippen LogP contribution in [-0.4, -0.2) is 60.0 Å². The van der Waals surface area contributed by atoms with Crippen LogP contribution in [0.2, 0.25) is 0 Å². The number of thioether (sulfide) groups is 1. The van der Waals surface area contributed by atoms with Gasteiger partial charge in [0.1, 0.15) is 13.1 Å². The smallest absolute Gasteiger partial charge is 0.274 e. The Bertz CT molecular complexity index is 642. The van der Waals surface area contributed by atoms with E-state index in [1.165, 1.54) is 23.1 Å². The Balaban J connectivity index is 1.46. The second-order valence-corrected chi connectivity index (χ2v) is 7.23. The number of nitrogens with one attached hydrogen (secondary N) is 2. The van der Waals surface area contributed by atoms with Crippen LogP contribution in [0.4, 0.5) is 10.9 Å². The molecule has 1 saturated heterocycles. The number of piperazine rings is 1. The van der Waals surface area contributed by atoms with Gasteiger partial charge in [-0.3, -0.25) is 9.69 Å². The molecular weight excluding hydrogens is 332 g/mol. The Hall–Kier alpha value is -1.87. The van der Waals surface area contributed by atoms with Crippen LogP contribution in [0.25, 0.3) is 0 Å². The van der Waals surface area contributed by atoms with Crippen LogP contribution in [-0.2, 0) is 4.79 Å². The summed E-state index contributed by atoms with van der Waals surface area (Å²) in [6, 6.07) is 6.04. The summed E-state index contributed by atoms with van der Waals surface area (Å²) in [5.74, 6) is 1.67. The monoisotopic (exact) mass is 351 g/mol. The second-order valence-electron chi connectivity index (χ2n) is 5.03. The topological polar surface area (TPSA) is 75.5 Å². The van der Waals surface area contributed by atoms with E-state index in [2.05, 4.69) is 31.5 Å². The predicted octanol–water partition coefficient (Wildman–Crippen LogP) is 0.835. The molecule has 23 heavy (non-hydrogen) atoms. The number of carbonyl (C=O) groups excluding carboxylic acids is 1. The molecule has 1 fully saturated rings. The van der Waals surface area contributed by atoms with Crippen molar-refractivity contribution in [2.24, 2.45) is 0 Å². The molecule has 0 aromatic carbocycles. The third kappa shape index (κ3) is 4.11. The number of aromatic amines is 1. The highest BCUT2D eigenvalue weighted by molar-refractivity contribution is 8.01. The summed E-state index contributed by atoms with van der Waals surface area (Å²) in [5, 5.41) is 11.7. The summed E-state index contributed by atoms with van der Waals surface area (Å²) in [5.41, 5.74) is 0. The van der Waals surface area contributed by atoms with E-state index < -0.39 is 0 Å². The van der Waals surface area contributed by atoms with Crippen molar-refractivity contribution in [3.63, 3.8) is 0 Å². The summed E-state index contributed by atoms with van der Waals surface area (Å²) in [7, 11) is 1.81. The largest absolute Gasteiger partial charge is 0.363 e. The van der Waals surface area contributed by atoms with E-state index in [0.717, 1.165) is 41.5 Å². The first-order valence-corrected chi connectivity index (χ1v) is 9.20. The van der Waals surface area contributed by atoms with Gasteiger partial charge in [-0.2, -0.15) is 0 Å². The molecule has 0 aliphatic carbocycles. The number of H-pyrrole nitrogens is 1. The number of hydrogen-bond acceptors (Lipinski definition) is 7. The number of hydrogen-bond donors (Lipinski definition) is 1. The van der Waals surface area contributed by atoms with Gasteiger partial charge in [-0.1, -0.05) is 29.2 Å². The second kappa shape index (κ2) is 7.60. The van der Waals surface area contributed by atoms with Crippen molar-refractivity contribution < 1.29 is 9.78 Å². The lowest BCUT2D eigenvalue weighted by atomic mass is 10.3. The first kappa shape index (κ1) is 16.0. The molecule has 2 aromatic heterocycles. The van der Waals surface area contributed by atoms with E-state index in [1.807, 2.05) is 30.3 Å². The fraction of sp³-hybridized carbons (Fsp3) is 0.429. The third-order valence-electron chi connectivity index (χ3n) is 3.61. The van der Waals surface area contributed by atoms with Crippen molar-refractivity contribution in [3.05, 3.63) is 24.4 Å². The highest BCUT2D eigenvalue weighted by Gasteiger charge is 2.26. The van der Waals surface area contributed by atoms with Crippen molar-refractivity contribution >= 4 is 40.0 Å². The fourth-order valence-electron chi connectivity index (χ4n) is 2.36. The number of aromatic nitrogens is 3. The van der Waals surface area contributed by atoms with Gasteiger partial charge < -0.3 is 10.2 Å². The van der Waals surface area contributed by atoms with Crippen molar-refractivity contribution in [2.45, 2.75) is 4.34 Å². The lowest BCUT2D eigenvalue weighted by Gasteiger charge is -2.30. The van der Waals surface area contributed by atoms with Gasteiger partial charge in [-0.05, 0) is 6.07 Å². The van der Waals surface area contributed by atoms with Crippen LogP contribution in [0, 0.1) is 0 Å². The van der Waals surface area contributed by atoms with E-state index in [9.17, 15) is 4.79 Å². The SMILES string of the molecule is CNc1nnc(SCC(=O)N2CCN(c3cccc[nH+]3)CC2)s1. The molecule has 1 aliphatic heterocycles. The van der Waals surface area contributed by atoms with Crippen molar-refractivity contribution in [1.82, 2.24) is 15.1 Å². The van der Waals surface area contributed by atoms with Crippen LogP contribution in [0.5, 0.6) is 0 Å². The van der Waals surface area contributed by atoms with Gasteiger partial charge in [-0.25, -0.2) is 4.98 Å². The normalized spacial score (nSPS) is 14.8. The van der Waals surface area contributed by atoms with Gasteiger partial charge >= 0.3 is 0 Å². The molecule has 3 heterocycles. The van der Waals surface area contributed by atoms with E-state index in [0.29, 0.717) is 5.75 Å². The van der Waals surface area contributed by atoms with Crippen LogP contribution in [0.1, 0.15) is 0 Å². The van der Waals surface area contributed by atoms with Crippen molar-refractivity contribution in [1.29, 1.82) is 0 Å². The summed E-state index contributed by atoms with van der Waals surface area (Å²) >= 11 is 2.92. The molecule has 2 N–H and O–H groups in total. The van der Waals surface area contributed by atoms with Crippen LogP contribution >= 0.6 is 23.1 Å². The molecule has 7 nitrogen and oxygen atoms in total. The quantitative estimate of drug-likeness (QED) is 0.805. The molecule has 1 aliphatic rings. The molecule has 2 aromatic rings. The van der Waals surface area contributed by atoms with Gasteiger partial charge in [0.25, 0.3) is 5.82 Å². The Kier molecular flexibility index (Phi) is 5.29. The molecule has 0 saturated carbocycles. The van der Waals surface area contributed by atoms with E-state index >= 15 is 0 Å². The van der Waals surface area contributed by atoms with E-state index in [4.69, 9.17) is 0 Å². The van der Waals surface area contributed by atoms with Crippen molar-refractivity contribution in [3.8, 4) is 0 Å². The summed E-state index contributed by atoms with van der Waals surface area (Å²) in [6.45, 7) is 3.19. The molecule has 9 heteroatoms. The third-order valence-corrected chi connectivity index (χ3v) is 5.66. The summed E-state index contributed by atoms with van der Waals surface area (Å²) in [6.07, 6.45) is 1.92. The highest BCUT2D eigenvalue weighted by Crippen LogP contribution is 2.25. The first-order chi connectivity index (χ1) is 11.3. The minimum atomic E-state index is 0.160. The van der Waals surface area contributed by atoms with Crippen LogP contribution in [0.3, 0.4) is 0 Å². The number of rotatable bonds is 5. The first-order valence-electron chi connectivity index (χ1n) is 7.40. The van der Waals surface area contributed by atoms with Gasteiger partial charge in [-0.15, -0.1) is 10.2 Å². The van der Waals surface area contributed by atoms with Gasteiger partial charge in [0, 0.05) is 13.1 Å². The molecule has 0 bridgehead atoms. The molecule has 122 valence electrons. The Morgan fingerprint density at radius 2 is 2.17 bits per heavy atom. The zero-order chi connectivity index (χ0) is 16.1. The number of amides is 1. The standard InChI is InChI=1S/C14H18N6OS2/c1-15-13-17-18-14(23-13)22-10-12(21)20-8-6-19(7-9-20)11-4-2-3-5-16-11/h2-5H,6-10H2,1H3,(H,15,17)/p+1. The molecule has 3 rings (SSSR count). The lowest BCUT2D eigenvalue weighted by Crippen LogP contribution is -2.50. The zero-order valence-corrected chi connectivity index (χ0v) is 14.5. The average molecular weight is 351 g/mol. The Labute approximate surface area is 143 Å². The van der Waals surface area contributed by atoms with E-state index in [1.54, 1.807) is 0 Å². The van der Waals surface area contributed by atoms with Crippen LogP contribution in [0.15, 0.2) is 28.7 Å². The number of carbonyl (C=O) groups is 1. The average Bonchev–Trinajstić information content (AvgIpc) is 3.09.